The molecule has 0 aromatic carbocycles. The van der Waals surface area contributed by atoms with Crippen LogP contribution in [0.1, 0.15) is 26.7 Å². The summed E-state index contributed by atoms with van der Waals surface area (Å²) in [5.74, 6) is 0. The van der Waals surface area contributed by atoms with Crippen molar-refractivity contribution in [3.05, 3.63) is 0 Å². The Hall–Kier alpha value is -0.160. The zero-order valence-electron chi connectivity index (χ0n) is 13.3. The summed E-state index contributed by atoms with van der Waals surface area (Å²) in [5.41, 5.74) is 0.292. The predicted octanol–water partition coefficient (Wildman–Crippen LogP) is 0.696. The minimum absolute atomic E-state index is 0.292. The van der Waals surface area contributed by atoms with E-state index < -0.39 is 0 Å². The Morgan fingerprint density at radius 2 is 1.68 bits per heavy atom. The molecule has 1 N–H and O–H groups in total. The molecule has 0 radical (unpaired) electrons. The Kier molecular flexibility index (Phi) is 5.23. The van der Waals surface area contributed by atoms with Crippen LogP contribution in [0, 0.1) is 0 Å². The summed E-state index contributed by atoms with van der Waals surface area (Å²) in [6.45, 7) is 13.2. The van der Waals surface area contributed by atoms with Crippen LogP contribution in [0.5, 0.6) is 0 Å². The number of piperazine rings is 1. The van der Waals surface area contributed by atoms with Crippen LogP contribution >= 0.6 is 0 Å². The summed E-state index contributed by atoms with van der Waals surface area (Å²) in [6.07, 6.45) is 2.65. The van der Waals surface area contributed by atoms with Gasteiger partial charge >= 0.3 is 0 Å². The fraction of sp³-hybridized carbons (Fsp3) is 1.00. The Bertz CT molecular complexity index is 265. The van der Waals surface area contributed by atoms with Gasteiger partial charge in [0, 0.05) is 44.3 Å². The minimum atomic E-state index is 0.292. The summed E-state index contributed by atoms with van der Waals surface area (Å²) in [7, 11) is 4.56. The molecule has 0 spiro atoms. The maximum atomic E-state index is 3.45. The van der Waals surface area contributed by atoms with Gasteiger partial charge in [-0.25, -0.2) is 0 Å². The highest BCUT2D eigenvalue weighted by Gasteiger charge is 2.31. The molecular formula is C15H32N4. The van der Waals surface area contributed by atoms with Gasteiger partial charge in [0.2, 0.25) is 0 Å². The second-order valence-corrected chi connectivity index (χ2v) is 7.00. The Morgan fingerprint density at radius 3 is 2.26 bits per heavy atom. The maximum Gasteiger partial charge on any atom is 0.0281 e. The van der Waals surface area contributed by atoms with Gasteiger partial charge < -0.3 is 15.1 Å². The SMILES string of the molecule is CN1CCC(N(C)CC(C)(C)N2CCNCC2)CC1. The van der Waals surface area contributed by atoms with Gasteiger partial charge in [-0.15, -0.1) is 0 Å². The van der Waals surface area contributed by atoms with Crippen LogP contribution in [0.15, 0.2) is 0 Å². The van der Waals surface area contributed by atoms with Gasteiger partial charge in [0.05, 0.1) is 0 Å². The molecule has 2 saturated heterocycles. The Labute approximate surface area is 119 Å². The molecule has 2 aliphatic heterocycles. The predicted molar refractivity (Wildman–Crippen MR) is 81.7 cm³/mol. The largest absolute Gasteiger partial charge is 0.314 e. The van der Waals surface area contributed by atoms with E-state index in [2.05, 4.69) is 48.0 Å². The maximum absolute atomic E-state index is 3.45. The number of rotatable bonds is 4. The molecule has 4 heteroatoms. The molecule has 0 unspecified atom stereocenters. The number of hydrogen-bond donors (Lipinski definition) is 1. The Morgan fingerprint density at radius 1 is 1.11 bits per heavy atom. The fourth-order valence-electron chi connectivity index (χ4n) is 3.55. The van der Waals surface area contributed by atoms with Crippen LogP contribution in [0.3, 0.4) is 0 Å². The molecule has 0 amide bonds. The standard InChI is InChI=1S/C15H32N4/c1-15(2,19-11-7-16-8-12-19)13-18(4)14-5-9-17(3)10-6-14/h14,16H,5-13H2,1-4H3. The number of nitrogens with one attached hydrogen (secondary N) is 1. The van der Waals surface area contributed by atoms with E-state index in [-0.39, 0.29) is 0 Å². The van der Waals surface area contributed by atoms with Crippen molar-refractivity contribution in [1.82, 2.24) is 20.0 Å². The monoisotopic (exact) mass is 268 g/mol. The lowest BCUT2D eigenvalue weighted by molar-refractivity contribution is 0.0450. The zero-order valence-corrected chi connectivity index (χ0v) is 13.3. The summed E-state index contributed by atoms with van der Waals surface area (Å²) in [4.78, 5) is 7.70. The smallest absolute Gasteiger partial charge is 0.0281 e. The second kappa shape index (κ2) is 6.53. The van der Waals surface area contributed by atoms with E-state index in [0.29, 0.717) is 5.54 Å². The van der Waals surface area contributed by atoms with Gasteiger partial charge in [-0.2, -0.15) is 0 Å². The first kappa shape index (κ1) is 15.2. The zero-order chi connectivity index (χ0) is 13.9. The summed E-state index contributed by atoms with van der Waals surface area (Å²) in [6, 6.07) is 0.776. The number of piperidine rings is 1. The molecule has 112 valence electrons. The van der Waals surface area contributed by atoms with Gasteiger partial charge in [-0.05, 0) is 53.9 Å². The molecule has 2 aliphatic rings. The number of likely N-dealkylation sites (tertiary alicyclic amines) is 1. The third kappa shape index (κ3) is 4.15. The first-order valence-electron chi connectivity index (χ1n) is 7.83. The van der Waals surface area contributed by atoms with Crippen LogP contribution in [-0.4, -0.2) is 86.2 Å². The highest BCUT2D eigenvalue weighted by molar-refractivity contribution is 4.89. The molecule has 0 bridgehead atoms. The minimum Gasteiger partial charge on any atom is -0.314 e. The summed E-state index contributed by atoms with van der Waals surface area (Å²) in [5, 5.41) is 3.45. The normalized spacial score (nSPS) is 25.1. The highest BCUT2D eigenvalue weighted by atomic mass is 15.3. The quantitative estimate of drug-likeness (QED) is 0.810. The van der Waals surface area contributed by atoms with E-state index in [1.165, 1.54) is 45.6 Å². The van der Waals surface area contributed by atoms with E-state index in [1.807, 2.05) is 0 Å². The van der Waals surface area contributed by atoms with Gasteiger partial charge in [0.15, 0.2) is 0 Å². The average Bonchev–Trinajstić information content (AvgIpc) is 2.40. The summed E-state index contributed by atoms with van der Waals surface area (Å²) < 4.78 is 0. The molecule has 0 aromatic rings. The second-order valence-electron chi connectivity index (χ2n) is 7.00. The van der Waals surface area contributed by atoms with E-state index in [0.717, 1.165) is 19.1 Å². The first-order chi connectivity index (χ1) is 8.99. The van der Waals surface area contributed by atoms with Crippen LogP contribution < -0.4 is 5.32 Å². The molecule has 0 aromatic heterocycles. The van der Waals surface area contributed by atoms with Gasteiger partial charge in [0.1, 0.15) is 0 Å². The van der Waals surface area contributed by atoms with Gasteiger partial charge in [0.25, 0.3) is 0 Å². The van der Waals surface area contributed by atoms with E-state index in [4.69, 9.17) is 0 Å². The lowest BCUT2D eigenvalue weighted by atomic mass is 9.97. The fourth-order valence-corrected chi connectivity index (χ4v) is 3.55. The van der Waals surface area contributed by atoms with Crippen molar-refractivity contribution in [3.8, 4) is 0 Å². The van der Waals surface area contributed by atoms with Crippen molar-refractivity contribution in [2.24, 2.45) is 0 Å². The lowest BCUT2D eigenvalue weighted by Crippen LogP contribution is -2.58. The van der Waals surface area contributed by atoms with Crippen LogP contribution in [-0.2, 0) is 0 Å². The molecule has 0 saturated carbocycles. The molecule has 2 heterocycles. The lowest BCUT2D eigenvalue weighted by Gasteiger charge is -2.45. The van der Waals surface area contributed by atoms with Crippen molar-refractivity contribution in [3.63, 3.8) is 0 Å². The van der Waals surface area contributed by atoms with Crippen molar-refractivity contribution >= 4 is 0 Å². The molecule has 19 heavy (non-hydrogen) atoms. The van der Waals surface area contributed by atoms with Crippen molar-refractivity contribution in [2.75, 3.05) is 59.9 Å². The average molecular weight is 268 g/mol. The van der Waals surface area contributed by atoms with E-state index in [9.17, 15) is 0 Å². The Balaban J connectivity index is 1.84. The van der Waals surface area contributed by atoms with Gasteiger partial charge in [-0.3, -0.25) is 4.90 Å². The topological polar surface area (TPSA) is 21.8 Å². The van der Waals surface area contributed by atoms with Crippen LogP contribution in [0.4, 0.5) is 0 Å². The van der Waals surface area contributed by atoms with Gasteiger partial charge in [-0.1, -0.05) is 0 Å². The number of likely N-dealkylation sites (N-methyl/N-ethyl adjacent to an activating group) is 1. The van der Waals surface area contributed by atoms with Crippen molar-refractivity contribution in [2.45, 2.75) is 38.3 Å². The van der Waals surface area contributed by atoms with E-state index in [1.54, 1.807) is 0 Å². The molecule has 2 rings (SSSR count). The number of nitrogens with zero attached hydrogens (tertiary/aromatic N) is 3. The molecule has 4 nitrogen and oxygen atoms in total. The number of hydrogen-bond acceptors (Lipinski definition) is 4. The highest BCUT2D eigenvalue weighted by Crippen LogP contribution is 2.21. The van der Waals surface area contributed by atoms with Crippen molar-refractivity contribution in [1.29, 1.82) is 0 Å². The summed E-state index contributed by atoms with van der Waals surface area (Å²) >= 11 is 0. The van der Waals surface area contributed by atoms with E-state index >= 15 is 0 Å². The van der Waals surface area contributed by atoms with Crippen LogP contribution in [0.25, 0.3) is 0 Å². The third-order valence-corrected chi connectivity index (χ3v) is 4.92. The molecule has 2 fully saturated rings. The first-order valence-corrected chi connectivity index (χ1v) is 7.83. The molecule has 0 aliphatic carbocycles. The molecular weight excluding hydrogens is 236 g/mol. The van der Waals surface area contributed by atoms with Crippen LogP contribution in [0.2, 0.25) is 0 Å². The van der Waals surface area contributed by atoms with Crippen molar-refractivity contribution < 1.29 is 0 Å². The molecule has 0 atom stereocenters. The third-order valence-electron chi connectivity index (χ3n) is 4.92.